The minimum atomic E-state index is -0.756. The number of hydrogen-bond acceptors (Lipinski definition) is 9. The summed E-state index contributed by atoms with van der Waals surface area (Å²) in [5.41, 5.74) is 5.76. The molecule has 14 heteroatoms. The number of carbonyl (C=O) groups excluding carboxylic acids is 2. The second-order valence-electron chi connectivity index (χ2n) is 14.0. The third-order valence-electron chi connectivity index (χ3n) is 10.3. The SMILES string of the molecule is COc1nc(O[C@H]2CCc3c(-c4cccc(C(=O)Nc5ccc(CN6CCC[C@@H](C(=O)O)C6)cn5)c4Cl)cccc32)c(Cl)cc1CNC[C@@H]1CCC(=O)N1. The number of anilines is 1. The van der Waals surface area contributed by atoms with Crippen molar-refractivity contribution in [2.75, 3.05) is 32.1 Å². The summed E-state index contributed by atoms with van der Waals surface area (Å²) in [6, 6.07) is 16.9. The lowest BCUT2D eigenvalue weighted by Crippen LogP contribution is -2.38. The number of nitrogens with zero attached hydrogens (tertiary/aromatic N) is 3. The van der Waals surface area contributed by atoms with Crippen molar-refractivity contribution in [3.05, 3.63) is 98.7 Å². The van der Waals surface area contributed by atoms with E-state index in [4.69, 9.17) is 32.7 Å². The molecule has 4 heterocycles. The fourth-order valence-electron chi connectivity index (χ4n) is 7.57. The van der Waals surface area contributed by atoms with Gasteiger partial charge in [0.2, 0.25) is 17.7 Å². The van der Waals surface area contributed by atoms with Gasteiger partial charge in [-0.2, -0.15) is 4.98 Å². The third-order valence-corrected chi connectivity index (χ3v) is 11.0. The van der Waals surface area contributed by atoms with E-state index in [9.17, 15) is 19.5 Å². The molecule has 2 fully saturated rings. The molecule has 2 amide bonds. The second kappa shape index (κ2) is 16.7. The van der Waals surface area contributed by atoms with E-state index in [1.807, 2.05) is 36.4 Å². The topological polar surface area (TPSA) is 155 Å². The van der Waals surface area contributed by atoms with Crippen LogP contribution in [0.3, 0.4) is 0 Å². The Hall–Kier alpha value is -4.75. The number of fused-ring (bicyclic) bond motifs is 1. The second-order valence-corrected chi connectivity index (χ2v) is 14.8. The van der Waals surface area contributed by atoms with Gasteiger partial charge >= 0.3 is 5.97 Å². The van der Waals surface area contributed by atoms with Gasteiger partial charge in [-0.05, 0) is 79.1 Å². The van der Waals surface area contributed by atoms with Crippen molar-refractivity contribution in [1.29, 1.82) is 0 Å². The summed E-state index contributed by atoms with van der Waals surface area (Å²) < 4.78 is 12.0. The summed E-state index contributed by atoms with van der Waals surface area (Å²) in [7, 11) is 1.56. The molecule has 3 aliphatic rings. The van der Waals surface area contributed by atoms with Crippen LogP contribution >= 0.6 is 23.2 Å². The van der Waals surface area contributed by atoms with Crippen LogP contribution in [0.15, 0.2) is 60.8 Å². The smallest absolute Gasteiger partial charge is 0.307 e. The van der Waals surface area contributed by atoms with Crippen molar-refractivity contribution >= 4 is 46.8 Å². The average molecular weight is 774 g/mol. The Kier molecular flexibility index (Phi) is 11.6. The predicted molar refractivity (Wildman–Crippen MR) is 205 cm³/mol. The first-order valence-corrected chi connectivity index (χ1v) is 18.9. The summed E-state index contributed by atoms with van der Waals surface area (Å²) in [5, 5.41) is 19.3. The number of pyridine rings is 2. The van der Waals surface area contributed by atoms with Gasteiger partial charge in [0.15, 0.2) is 0 Å². The highest BCUT2D eigenvalue weighted by atomic mass is 35.5. The normalized spacial score (nSPS) is 19.6. The number of hydrogen-bond donors (Lipinski definition) is 4. The molecule has 0 spiro atoms. The highest BCUT2D eigenvalue weighted by Crippen LogP contribution is 2.43. The number of halogens is 2. The van der Waals surface area contributed by atoms with E-state index >= 15 is 0 Å². The minimum Gasteiger partial charge on any atom is -0.481 e. The Morgan fingerprint density at radius 1 is 1.04 bits per heavy atom. The minimum absolute atomic E-state index is 0.0759. The van der Waals surface area contributed by atoms with Crippen molar-refractivity contribution in [2.45, 2.75) is 63.8 Å². The summed E-state index contributed by atoms with van der Waals surface area (Å²) in [6.45, 7) is 3.05. The molecule has 4 aromatic rings. The number of likely N-dealkylation sites (tertiary alicyclic amines) is 1. The zero-order valence-corrected chi connectivity index (χ0v) is 31.4. The molecule has 0 saturated carbocycles. The summed E-state index contributed by atoms with van der Waals surface area (Å²) in [5.74, 6) is -0.336. The van der Waals surface area contributed by atoms with Crippen molar-refractivity contribution < 1.29 is 29.0 Å². The molecule has 12 nitrogen and oxygen atoms in total. The Bertz CT molecular complexity index is 2050. The number of ether oxygens (including phenoxy) is 2. The summed E-state index contributed by atoms with van der Waals surface area (Å²) >= 11 is 13.7. The number of rotatable bonds is 13. The van der Waals surface area contributed by atoms with E-state index in [1.165, 1.54) is 0 Å². The van der Waals surface area contributed by atoms with Gasteiger partial charge in [0.05, 0.1) is 23.6 Å². The first-order valence-electron chi connectivity index (χ1n) is 18.2. The summed E-state index contributed by atoms with van der Waals surface area (Å²) in [4.78, 5) is 47.6. The van der Waals surface area contributed by atoms with Gasteiger partial charge in [-0.1, -0.05) is 59.6 Å². The van der Waals surface area contributed by atoms with Crippen LogP contribution in [-0.2, 0) is 29.1 Å². The highest BCUT2D eigenvalue weighted by molar-refractivity contribution is 6.37. The largest absolute Gasteiger partial charge is 0.481 e. The lowest BCUT2D eigenvalue weighted by Gasteiger charge is -2.30. The molecule has 282 valence electrons. The number of amides is 2. The van der Waals surface area contributed by atoms with Gasteiger partial charge in [0.1, 0.15) is 16.9 Å². The fourth-order valence-corrected chi connectivity index (χ4v) is 8.10. The number of carboxylic acids is 1. The molecule has 0 bridgehead atoms. The lowest BCUT2D eigenvalue weighted by molar-refractivity contribution is -0.143. The van der Waals surface area contributed by atoms with Gasteiger partial charge in [0, 0.05) is 56.0 Å². The zero-order valence-electron chi connectivity index (χ0n) is 29.9. The number of aliphatic carboxylic acids is 1. The Morgan fingerprint density at radius 2 is 1.87 bits per heavy atom. The molecule has 7 rings (SSSR count). The van der Waals surface area contributed by atoms with Crippen LogP contribution in [0, 0.1) is 5.92 Å². The average Bonchev–Trinajstić information content (AvgIpc) is 3.79. The first-order chi connectivity index (χ1) is 26.2. The zero-order chi connectivity index (χ0) is 37.8. The van der Waals surface area contributed by atoms with Gasteiger partial charge in [-0.25, -0.2) is 4.98 Å². The number of carbonyl (C=O) groups is 3. The van der Waals surface area contributed by atoms with Crippen LogP contribution in [-0.4, -0.2) is 70.5 Å². The van der Waals surface area contributed by atoms with Crippen molar-refractivity contribution in [1.82, 2.24) is 25.5 Å². The van der Waals surface area contributed by atoms with Crippen molar-refractivity contribution in [3.8, 4) is 22.9 Å². The van der Waals surface area contributed by atoms with E-state index < -0.39 is 5.97 Å². The van der Waals surface area contributed by atoms with Crippen LogP contribution < -0.4 is 25.4 Å². The quantitative estimate of drug-likeness (QED) is 0.119. The maximum absolute atomic E-state index is 13.5. The molecule has 0 radical (unpaired) electrons. The Balaban J connectivity index is 1.01. The van der Waals surface area contributed by atoms with Crippen LogP contribution in [0.1, 0.15) is 70.8 Å². The van der Waals surface area contributed by atoms with Crippen LogP contribution in [0.25, 0.3) is 11.1 Å². The van der Waals surface area contributed by atoms with Crippen molar-refractivity contribution in [3.63, 3.8) is 0 Å². The number of methoxy groups -OCH3 is 1. The highest BCUT2D eigenvalue weighted by Gasteiger charge is 2.30. The molecule has 2 aromatic heterocycles. The van der Waals surface area contributed by atoms with E-state index in [0.717, 1.165) is 59.2 Å². The molecule has 0 unspecified atom stereocenters. The van der Waals surface area contributed by atoms with Gasteiger partial charge in [0.25, 0.3) is 5.91 Å². The fraction of sp³-hybridized carbons (Fsp3) is 0.375. The Labute approximate surface area is 323 Å². The van der Waals surface area contributed by atoms with E-state index in [2.05, 4.69) is 30.8 Å². The van der Waals surface area contributed by atoms with Crippen LogP contribution in [0.4, 0.5) is 5.82 Å². The molecule has 2 saturated heterocycles. The number of benzene rings is 2. The molecule has 1 aliphatic carbocycles. The van der Waals surface area contributed by atoms with Crippen molar-refractivity contribution in [2.24, 2.45) is 5.92 Å². The van der Waals surface area contributed by atoms with E-state index in [0.29, 0.717) is 72.7 Å². The molecule has 4 N–H and O–H groups in total. The Morgan fingerprint density at radius 3 is 2.63 bits per heavy atom. The standard InChI is InChI=1S/C40H42Cl2N6O6/c1-53-38-25(19-43-20-26-11-15-35(49)45-26)17-32(41)39(47-38)54-33-13-12-28-27(6-2-7-29(28)33)30-8-3-9-31(36(30)42)37(50)46-34-14-10-23(18-44-34)21-48-16-4-5-24(22-48)40(51)52/h2-3,6-10,14,17-18,24,26,33,43H,4-5,11-13,15-16,19-22H2,1H3,(H,45,49)(H,51,52)(H,44,46,50)/t24-,26+,33+/m1/s1. The number of carboxylic acid groups (broad SMARTS) is 1. The summed E-state index contributed by atoms with van der Waals surface area (Å²) in [6.07, 6.45) is 5.71. The lowest BCUT2D eigenvalue weighted by atomic mass is 9.95. The van der Waals surface area contributed by atoms with Gasteiger partial charge < -0.3 is 30.5 Å². The molecule has 3 atom stereocenters. The third kappa shape index (κ3) is 8.47. The van der Waals surface area contributed by atoms with Gasteiger partial charge in [-0.3, -0.25) is 19.3 Å². The van der Waals surface area contributed by atoms with Gasteiger partial charge in [-0.15, -0.1) is 0 Å². The molecule has 2 aromatic carbocycles. The monoisotopic (exact) mass is 772 g/mol. The van der Waals surface area contributed by atoms with Crippen LogP contribution in [0.2, 0.25) is 10.0 Å². The molecular weight excluding hydrogens is 731 g/mol. The number of nitrogens with one attached hydrogen (secondary N) is 3. The van der Waals surface area contributed by atoms with Crippen LogP contribution in [0.5, 0.6) is 11.8 Å². The predicted octanol–water partition coefficient (Wildman–Crippen LogP) is 6.44. The van der Waals surface area contributed by atoms with E-state index in [-0.39, 0.29) is 35.8 Å². The molecule has 2 aliphatic heterocycles. The van der Waals surface area contributed by atoms with E-state index in [1.54, 1.807) is 31.5 Å². The maximum atomic E-state index is 13.5. The number of aromatic nitrogens is 2. The first kappa shape index (κ1) is 37.6. The number of piperidine rings is 1. The molecular formula is C40H42Cl2N6O6. The molecule has 54 heavy (non-hydrogen) atoms. The maximum Gasteiger partial charge on any atom is 0.307 e.